The van der Waals surface area contributed by atoms with E-state index in [1.165, 1.54) is 4.68 Å². The van der Waals surface area contributed by atoms with Crippen LogP contribution in [0.3, 0.4) is 0 Å². The van der Waals surface area contributed by atoms with E-state index in [2.05, 4.69) is 10.3 Å². The van der Waals surface area contributed by atoms with Crippen LogP contribution in [0.25, 0.3) is 0 Å². The highest BCUT2D eigenvalue weighted by molar-refractivity contribution is 5.75. The van der Waals surface area contributed by atoms with Crippen molar-refractivity contribution in [2.75, 3.05) is 26.8 Å². The van der Waals surface area contributed by atoms with Gasteiger partial charge in [-0.15, -0.1) is 5.10 Å². The molecule has 2 rings (SSSR count). The molecule has 1 aliphatic heterocycles. The van der Waals surface area contributed by atoms with Crippen LogP contribution in [0, 0.1) is 0 Å². The molecular weight excluding hydrogens is 288 g/mol. The highest BCUT2D eigenvalue weighted by Gasteiger charge is 2.34. The summed E-state index contributed by atoms with van der Waals surface area (Å²) in [6.07, 6.45) is 2.68. The normalized spacial score (nSPS) is 18.9. The van der Waals surface area contributed by atoms with Crippen LogP contribution in [-0.4, -0.2) is 68.9 Å². The molecule has 1 fully saturated rings. The average molecular weight is 312 g/mol. The Balaban J connectivity index is 1.92. The minimum atomic E-state index is -1.02. The highest BCUT2D eigenvalue weighted by Crippen LogP contribution is 2.29. The molecule has 1 aromatic rings. The van der Waals surface area contributed by atoms with Gasteiger partial charge in [0.2, 0.25) is 5.91 Å². The first-order chi connectivity index (χ1) is 10.4. The molecule has 124 valence electrons. The quantitative estimate of drug-likeness (QED) is 0.735. The van der Waals surface area contributed by atoms with E-state index in [0.717, 1.165) is 0 Å². The maximum atomic E-state index is 12.1. The molecule has 1 aliphatic rings. The summed E-state index contributed by atoms with van der Waals surface area (Å²) in [4.78, 5) is 13.6. The van der Waals surface area contributed by atoms with Crippen LogP contribution >= 0.6 is 0 Å². The number of rotatable bonds is 6. The van der Waals surface area contributed by atoms with E-state index in [9.17, 15) is 15.0 Å². The van der Waals surface area contributed by atoms with Gasteiger partial charge in [-0.1, -0.05) is 5.21 Å². The molecule has 1 amide bonds. The summed E-state index contributed by atoms with van der Waals surface area (Å²) in [5, 5.41) is 27.7. The van der Waals surface area contributed by atoms with Gasteiger partial charge in [0.05, 0.1) is 12.3 Å². The predicted molar refractivity (Wildman–Crippen MR) is 77.9 cm³/mol. The van der Waals surface area contributed by atoms with Gasteiger partial charge in [0, 0.05) is 39.6 Å². The topological polar surface area (TPSA) is 101 Å². The fourth-order valence-electron chi connectivity index (χ4n) is 2.32. The van der Waals surface area contributed by atoms with Crippen molar-refractivity contribution >= 4 is 5.91 Å². The van der Waals surface area contributed by atoms with Crippen molar-refractivity contribution in [2.45, 2.75) is 44.4 Å². The number of hydrogen-bond donors (Lipinski definition) is 2. The Morgan fingerprint density at radius 2 is 2.23 bits per heavy atom. The summed E-state index contributed by atoms with van der Waals surface area (Å²) in [5.74, 6) is -0.115. The molecule has 8 heteroatoms. The van der Waals surface area contributed by atoms with Crippen molar-refractivity contribution in [1.29, 1.82) is 0 Å². The van der Waals surface area contributed by atoms with Crippen molar-refractivity contribution in [3.05, 3.63) is 11.9 Å². The Bertz CT molecular complexity index is 497. The van der Waals surface area contributed by atoms with Gasteiger partial charge < -0.3 is 19.8 Å². The fourth-order valence-corrected chi connectivity index (χ4v) is 2.32. The number of amides is 1. The van der Waals surface area contributed by atoms with Crippen LogP contribution in [0.5, 0.6) is 0 Å². The van der Waals surface area contributed by atoms with Gasteiger partial charge in [-0.25, -0.2) is 4.68 Å². The number of carbonyl (C=O) groups excluding carboxylic acids is 1. The molecule has 0 bridgehead atoms. The second-order valence-electron chi connectivity index (χ2n) is 5.90. The van der Waals surface area contributed by atoms with E-state index in [4.69, 9.17) is 4.74 Å². The van der Waals surface area contributed by atoms with Crippen molar-refractivity contribution in [2.24, 2.45) is 0 Å². The molecule has 1 unspecified atom stereocenters. The van der Waals surface area contributed by atoms with E-state index < -0.39 is 11.7 Å². The maximum absolute atomic E-state index is 12.1. The number of nitrogens with zero attached hydrogens (tertiary/aromatic N) is 4. The molecule has 0 aliphatic carbocycles. The van der Waals surface area contributed by atoms with Gasteiger partial charge in [-0.3, -0.25) is 4.79 Å². The van der Waals surface area contributed by atoms with Crippen LogP contribution < -0.4 is 0 Å². The highest BCUT2D eigenvalue weighted by atomic mass is 16.5. The van der Waals surface area contributed by atoms with Crippen LogP contribution in [0.4, 0.5) is 0 Å². The largest absolute Gasteiger partial charge is 0.393 e. The Morgan fingerprint density at radius 3 is 2.86 bits per heavy atom. The number of carbonyl (C=O) groups is 1. The number of aliphatic hydroxyl groups is 2. The van der Waals surface area contributed by atoms with E-state index in [1.54, 1.807) is 25.1 Å². The summed E-state index contributed by atoms with van der Waals surface area (Å²) in [7, 11) is 1.69. The first kappa shape index (κ1) is 16.9. The van der Waals surface area contributed by atoms with Crippen LogP contribution in [-0.2, 0) is 21.7 Å². The molecule has 2 heterocycles. The Kier molecular flexibility index (Phi) is 5.49. The summed E-state index contributed by atoms with van der Waals surface area (Å²) in [6, 6.07) is 0. The lowest BCUT2D eigenvalue weighted by atomic mass is 9.91. The fraction of sp³-hybridized carbons (Fsp3) is 0.786. The van der Waals surface area contributed by atoms with Crippen molar-refractivity contribution in [3.63, 3.8) is 0 Å². The SMILES string of the molecule is CC(O)CCN(C)C(=O)Cn1cc(C2(O)CCOCC2)nn1. The monoisotopic (exact) mass is 312 g/mol. The maximum Gasteiger partial charge on any atom is 0.244 e. The van der Waals surface area contributed by atoms with Crippen LogP contribution in [0.2, 0.25) is 0 Å². The Morgan fingerprint density at radius 1 is 1.55 bits per heavy atom. The first-order valence-electron chi connectivity index (χ1n) is 7.53. The average Bonchev–Trinajstić information content (AvgIpc) is 2.94. The van der Waals surface area contributed by atoms with Gasteiger partial charge in [-0.2, -0.15) is 0 Å². The zero-order valence-corrected chi connectivity index (χ0v) is 13.1. The molecule has 22 heavy (non-hydrogen) atoms. The molecule has 1 atom stereocenters. The second-order valence-corrected chi connectivity index (χ2v) is 5.90. The van der Waals surface area contributed by atoms with Crippen LogP contribution in [0.1, 0.15) is 31.9 Å². The lowest BCUT2D eigenvalue weighted by Crippen LogP contribution is -2.34. The van der Waals surface area contributed by atoms with Gasteiger partial charge in [-0.05, 0) is 13.3 Å². The minimum Gasteiger partial charge on any atom is -0.393 e. The number of ether oxygens (including phenoxy) is 1. The Hall–Kier alpha value is -1.51. The van der Waals surface area contributed by atoms with E-state index >= 15 is 0 Å². The third-order valence-electron chi connectivity index (χ3n) is 3.94. The van der Waals surface area contributed by atoms with Gasteiger partial charge in [0.1, 0.15) is 17.8 Å². The lowest BCUT2D eigenvalue weighted by Gasteiger charge is -2.29. The first-order valence-corrected chi connectivity index (χ1v) is 7.53. The lowest BCUT2D eigenvalue weighted by molar-refractivity contribution is -0.131. The Labute approximate surface area is 129 Å². The minimum absolute atomic E-state index is 0.0654. The van der Waals surface area contributed by atoms with Crippen molar-refractivity contribution < 1.29 is 19.7 Å². The summed E-state index contributed by atoms with van der Waals surface area (Å²) >= 11 is 0. The standard InChI is InChI=1S/C14H24N4O4/c1-11(19)3-6-17(2)13(20)10-18-9-12(15-16-18)14(21)4-7-22-8-5-14/h9,11,19,21H,3-8,10H2,1-2H3. The molecule has 0 saturated carbocycles. The van der Waals surface area contributed by atoms with Gasteiger partial charge >= 0.3 is 0 Å². The summed E-state index contributed by atoms with van der Waals surface area (Å²) in [5.41, 5.74) is -0.534. The van der Waals surface area contributed by atoms with E-state index in [0.29, 0.717) is 44.7 Å². The summed E-state index contributed by atoms with van der Waals surface area (Å²) in [6.45, 7) is 3.22. The molecule has 0 aromatic carbocycles. The number of aromatic nitrogens is 3. The summed E-state index contributed by atoms with van der Waals surface area (Å²) < 4.78 is 6.67. The second kappa shape index (κ2) is 7.17. The zero-order valence-electron chi connectivity index (χ0n) is 13.1. The van der Waals surface area contributed by atoms with Crippen molar-refractivity contribution in [3.8, 4) is 0 Å². The third-order valence-corrected chi connectivity index (χ3v) is 3.94. The molecule has 0 radical (unpaired) electrons. The van der Waals surface area contributed by atoms with Gasteiger partial charge in [0.15, 0.2) is 0 Å². The molecule has 0 spiro atoms. The third kappa shape index (κ3) is 4.25. The predicted octanol–water partition coefficient (Wildman–Crippen LogP) is -0.495. The van der Waals surface area contributed by atoms with Gasteiger partial charge in [0.25, 0.3) is 0 Å². The van der Waals surface area contributed by atoms with Crippen LogP contribution in [0.15, 0.2) is 6.20 Å². The van der Waals surface area contributed by atoms with E-state index in [1.807, 2.05) is 0 Å². The van der Waals surface area contributed by atoms with Crippen molar-refractivity contribution in [1.82, 2.24) is 19.9 Å². The molecule has 1 aromatic heterocycles. The smallest absolute Gasteiger partial charge is 0.244 e. The molecule has 8 nitrogen and oxygen atoms in total. The van der Waals surface area contributed by atoms with E-state index in [-0.39, 0.29) is 12.5 Å². The number of likely N-dealkylation sites (N-methyl/N-ethyl adjacent to an activating group) is 1. The molecule has 2 N–H and O–H groups in total. The zero-order chi connectivity index (χ0) is 16.2. The number of hydrogen-bond acceptors (Lipinski definition) is 6. The molecule has 1 saturated heterocycles. The number of aliphatic hydroxyl groups excluding tert-OH is 1. The molecular formula is C14H24N4O4.